The number of amides is 1. The van der Waals surface area contributed by atoms with Crippen molar-refractivity contribution in [2.24, 2.45) is 5.92 Å². The molecule has 0 aliphatic carbocycles. The second-order valence-corrected chi connectivity index (χ2v) is 3.78. The molecule has 4 heteroatoms. The van der Waals surface area contributed by atoms with Gasteiger partial charge < -0.3 is 10.6 Å². The molecule has 1 aliphatic heterocycles. The molecule has 0 spiro atoms. The van der Waals surface area contributed by atoms with Crippen LogP contribution in [0.3, 0.4) is 0 Å². The van der Waals surface area contributed by atoms with Crippen LogP contribution in [0.15, 0.2) is 24.4 Å². The molecule has 15 heavy (non-hydrogen) atoms. The normalized spacial score (nSPS) is 20.1. The first-order valence-electron chi connectivity index (χ1n) is 5.26. The molecule has 0 saturated carbocycles. The molecule has 1 aromatic heterocycles. The Morgan fingerprint density at radius 3 is 3.20 bits per heavy atom. The third-order valence-corrected chi connectivity index (χ3v) is 2.61. The molecule has 1 saturated heterocycles. The quantitative estimate of drug-likeness (QED) is 0.752. The average molecular weight is 205 g/mol. The van der Waals surface area contributed by atoms with Crippen LogP contribution in [0.25, 0.3) is 0 Å². The van der Waals surface area contributed by atoms with Crippen LogP contribution < -0.4 is 10.6 Å². The second kappa shape index (κ2) is 4.89. The Kier molecular flexibility index (Phi) is 3.29. The van der Waals surface area contributed by atoms with E-state index in [2.05, 4.69) is 15.6 Å². The Balaban J connectivity index is 1.82. The summed E-state index contributed by atoms with van der Waals surface area (Å²) in [5, 5.41) is 6.17. The maximum atomic E-state index is 11.6. The van der Waals surface area contributed by atoms with Gasteiger partial charge in [-0.2, -0.15) is 0 Å². The van der Waals surface area contributed by atoms with Crippen molar-refractivity contribution in [1.82, 2.24) is 15.6 Å². The summed E-state index contributed by atoms with van der Waals surface area (Å²) in [5.74, 6) is 0.486. The smallest absolute Gasteiger partial charge is 0.269 e. The van der Waals surface area contributed by atoms with Crippen LogP contribution in [0.4, 0.5) is 0 Å². The van der Waals surface area contributed by atoms with Crippen molar-refractivity contribution < 1.29 is 4.79 Å². The van der Waals surface area contributed by atoms with Crippen molar-refractivity contribution in [3.8, 4) is 0 Å². The van der Waals surface area contributed by atoms with Crippen molar-refractivity contribution in [2.45, 2.75) is 6.42 Å². The third-order valence-electron chi connectivity index (χ3n) is 2.61. The van der Waals surface area contributed by atoms with E-state index >= 15 is 0 Å². The molecule has 1 atom stereocenters. The van der Waals surface area contributed by atoms with Gasteiger partial charge >= 0.3 is 0 Å². The minimum Gasteiger partial charge on any atom is -0.350 e. The summed E-state index contributed by atoms with van der Waals surface area (Å²) in [4.78, 5) is 15.6. The lowest BCUT2D eigenvalue weighted by molar-refractivity contribution is 0.0943. The Morgan fingerprint density at radius 1 is 1.60 bits per heavy atom. The molecule has 0 radical (unpaired) electrons. The van der Waals surface area contributed by atoms with Crippen LogP contribution >= 0.6 is 0 Å². The molecule has 1 fully saturated rings. The van der Waals surface area contributed by atoms with E-state index in [9.17, 15) is 4.79 Å². The first-order chi connectivity index (χ1) is 7.36. The monoisotopic (exact) mass is 205 g/mol. The summed E-state index contributed by atoms with van der Waals surface area (Å²) >= 11 is 0. The molecule has 2 heterocycles. The lowest BCUT2D eigenvalue weighted by Gasteiger charge is -2.09. The van der Waals surface area contributed by atoms with Crippen LogP contribution in [-0.2, 0) is 0 Å². The fraction of sp³-hybridized carbons (Fsp3) is 0.455. The van der Waals surface area contributed by atoms with Gasteiger partial charge in [0.1, 0.15) is 5.69 Å². The lowest BCUT2D eigenvalue weighted by atomic mass is 10.1. The Bertz CT molecular complexity index is 320. The minimum absolute atomic E-state index is 0.0810. The fourth-order valence-electron chi connectivity index (χ4n) is 1.71. The molecule has 4 nitrogen and oxygen atoms in total. The SMILES string of the molecule is O=C(NCC1CCNC1)c1ccccn1. The highest BCUT2D eigenvalue weighted by Gasteiger charge is 2.15. The van der Waals surface area contributed by atoms with Gasteiger partial charge in [-0.25, -0.2) is 0 Å². The summed E-state index contributed by atoms with van der Waals surface area (Å²) in [6, 6.07) is 5.35. The molecule has 1 amide bonds. The number of hydrogen-bond donors (Lipinski definition) is 2. The van der Waals surface area contributed by atoms with Gasteiger partial charge in [0.05, 0.1) is 0 Å². The number of hydrogen-bond acceptors (Lipinski definition) is 3. The second-order valence-electron chi connectivity index (χ2n) is 3.78. The van der Waals surface area contributed by atoms with E-state index in [0.29, 0.717) is 11.6 Å². The lowest BCUT2D eigenvalue weighted by Crippen LogP contribution is -2.30. The van der Waals surface area contributed by atoms with Gasteiger partial charge in [-0.3, -0.25) is 9.78 Å². The van der Waals surface area contributed by atoms with Gasteiger partial charge in [0, 0.05) is 12.7 Å². The molecule has 0 aromatic carbocycles. The molecule has 80 valence electrons. The van der Waals surface area contributed by atoms with Gasteiger partial charge in [-0.05, 0) is 37.6 Å². The molecule has 2 rings (SSSR count). The molecular weight excluding hydrogens is 190 g/mol. The zero-order valence-corrected chi connectivity index (χ0v) is 8.57. The Labute approximate surface area is 89.1 Å². The van der Waals surface area contributed by atoms with Gasteiger partial charge in [0.15, 0.2) is 0 Å². The number of carbonyl (C=O) groups excluding carboxylic acids is 1. The van der Waals surface area contributed by atoms with E-state index < -0.39 is 0 Å². The zero-order chi connectivity index (χ0) is 10.5. The number of pyridine rings is 1. The largest absolute Gasteiger partial charge is 0.350 e. The van der Waals surface area contributed by atoms with Gasteiger partial charge in [0.25, 0.3) is 5.91 Å². The molecule has 1 unspecified atom stereocenters. The molecule has 0 bridgehead atoms. The van der Waals surface area contributed by atoms with Crippen LogP contribution in [0.1, 0.15) is 16.9 Å². The topological polar surface area (TPSA) is 54.0 Å². The fourth-order valence-corrected chi connectivity index (χ4v) is 1.71. The van der Waals surface area contributed by atoms with Crippen LogP contribution in [-0.4, -0.2) is 30.5 Å². The van der Waals surface area contributed by atoms with E-state index in [1.54, 1.807) is 18.3 Å². The highest BCUT2D eigenvalue weighted by molar-refractivity contribution is 5.92. The Hall–Kier alpha value is -1.42. The average Bonchev–Trinajstić information content (AvgIpc) is 2.80. The van der Waals surface area contributed by atoms with Crippen molar-refractivity contribution in [2.75, 3.05) is 19.6 Å². The zero-order valence-electron chi connectivity index (χ0n) is 8.57. The number of carbonyl (C=O) groups is 1. The predicted octanol–water partition coefficient (Wildman–Crippen LogP) is 0.421. The summed E-state index contributed by atoms with van der Waals surface area (Å²) in [7, 11) is 0. The number of nitrogens with zero attached hydrogens (tertiary/aromatic N) is 1. The van der Waals surface area contributed by atoms with Crippen LogP contribution in [0, 0.1) is 5.92 Å². The third kappa shape index (κ3) is 2.76. The number of nitrogens with one attached hydrogen (secondary N) is 2. The summed E-state index contributed by atoms with van der Waals surface area (Å²) in [6.45, 7) is 2.80. The van der Waals surface area contributed by atoms with E-state index in [1.165, 1.54) is 0 Å². The number of rotatable bonds is 3. The summed E-state index contributed by atoms with van der Waals surface area (Å²) < 4.78 is 0. The number of aromatic nitrogens is 1. The van der Waals surface area contributed by atoms with Crippen LogP contribution in [0.2, 0.25) is 0 Å². The van der Waals surface area contributed by atoms with E-state index in [0.717, 1.165) is 26.1 Å². The summed E-state index contributed by atoms with van der Waals surface area (Å²) in [5.41, 5.74) is 0.489. The van der Waals surface area contributed by atoms with E-state index in [-0.39, 0.29) is 5.91 Å². The molecule has 1 aliphatic rings. The van der Waals surface area contributed by atoms with Gasteiger partial charge in [-0.1, -0.05) is 6.07 Å². The van der Waals surface area contributed by atoms with Crippen molar-refractivity contribution in [3.05, 3.63) is 30.1 Å². The maximum absolute atomic E-state index is 11.6. The summed E-state index contributed by atoms with van der Waals surface area (Å²) in [6.07, 6.45) is 2.77. The minimum atomic E-state index is -0.0810. The molecular formula is C11H15N3O. The Morgan fingerprint density at radius 2 is 2.53 bits per heavy atom. The van der Waals surface area contributed by atoms with Crippen molar-refractivity contribution in [1.29, 1.82) is 0 Å². The van der Waals surface area contributed by atoms with E-state index in [4.69, 9.17) is 0 Å². The maximum Gasteiger partial charge on any atom is 0.269 e. The predicted molar refractivity (Wildman–Crippen MR) is 57.5 cm³/mol. The standard InChI is InChI=1S/C11H15N3O/c15-11(10-3-1-2-5-13-10)14-8-9-4-6-12-7-9/h1-3,5,9,12H,4,6-8H2,(H,14,15). The van der Waals surface area contributed by atoms with Crippen molar-refractivity contribution in [3.63, 3.8) is 0 Å². The first kappa shape index (κ1) is 10.1. The highest BCUT2D eigenvalue weighted by atomic mass is 16.1. The van der Waals surface area contributed by atoms with Gasteiger partial charge in [-0.15, -0.1) is 0 Å². The molecule has 1 aromatic rings. The highest BCUT2D eigenvalue weighted by Crippen LogP contribution is 2.05. The van der Waals surface area contributed by atoms with Crippen molar-refractivity contribution >= 4 is 5.91 Å². The van der Waals surface area contributed by atoms with Gasteiger partial charge in [0.2, 0.25) is 0 Å². The molecule has 2 N–H and O–H groups in total. The first-order valence-corrected chi connectivity index (χ1v) is 5.26. The van der Waals surface area contributed by atoms with E-state index in [1.807, 2.05) is 6.07 Å². The van der Waals surface area contributed by atoms with Crippen LogP contribution in [0.5, 0.6) is 0 Å².